The standard InChI is InChI=1S/C16H16ClFN4O4S/c17-13-10-12(2-3-14(13)18)27(25,26)22-8-6-20(7-9-22)15(23)11-21-5-1-4-19-16(21)24/h1-5,10H,6-9,11H2. The Kier molecular flexibility index (Phi) is 5.59. The van der Waals surface area contributed by atoms with E-state index in [4.69, 9.17) is 11.6 Å². The van der Waals surface area contributed by atoms with Gasteiger partial charge in [-0.05, 0) is 24.3 Å². The van der Waals surface area contributed by atoms with Gasteiger partial charge in [0.1, 0.15) is 12.4 Å². The Bertz CT molecular complexity index is 1020. The third-order valence-corrected chi connectivity index (χ3v) is 6.39. The molecule has 27 heavy (non-hydrogen) atoms. The summed E-state index contributed by atoms with van der Waals surface area (Å²) in [5, 5.41) is -0.271. The minimum Gasteiger partial charge on any atom is -0.338 e. The zero-order valence-corrected chi connectivity index (χ0v) is 15.7. The molecule has 0 spiro atoms. The number of nitrogens with zero attached hydrogens (tertiary/aromatic N) is 4. The fourth-order valence-electron chi connectivity index (χ4n) is 2.72. The highest BCUT2D eigenvalue weighted by atomic mass is 35.5. The topological polar surface area (TPSA) is 92.6 Å². The summed E-state index contributed by atoms with van der Waals surface area (Å²) < 4.78 is 41.0. The molecular weight excluding hydrogens is 399 g/mol. The normalized spacial score (nSPS) is 15.7. The molecule has 8 nitrogen and oxygen atoms in total. The molecule has 0 bridgehead atoms. The fourth-order valence-corrected chi connectivity index (χ4v) is 4.41. The van der Waals surface area contributed by atoms with E-state index in [0.717, 1.165) is 18.2 Å². The van der Waals surface area contributed by atoms with Crippen molar-refractivity contribution in [2.75, 3.05) is 26.2 Å². The summed E-state index contributed by atoms with van der Waals surface area (Å²) in [6, 6.07) is 4.77. The van der Waals surface area contributed by atoms with Crippen molar-refractivity contribution in [3.8, 4) is 0 Å². The predicted molar refractivity (Wildman–Crippen MR) is 95.2 cm³/mol. The van der Waals surface area contributed by atoms with Crippen LogP contribution in [0, 0.1) is 5.82 Å². The van der Waals surface area contributed by atoms with Crippen LogP contribution >= 0.6 is 11.6 Å². The smallest absolute Gasteiger partial charge is 0.338 e. The van der Waals surface area contributed by atoms with Gasteiger partial charge in [-0.15, -0.1) is 0 Å². The van der Waals surface area contributed by atoms with Crippen LogP contribution in [0.3, 0.4) is 0 Å². The molecule has 0 unspecified atom stereocenters. The Morgan fingerprint density at radius 1 is 1.22 bits per heavy atom. The second-order valence-electron chi connectivity index (χ2n) is 5.89. The maximum Gasteiger partial charge on any atom is 0.347 e. The molecule has 0 N–H and O–H groups in total. The van der Waals surface area contributed by atoms with Crippen LogP contribution in [-0.4, -0.2) is 59.3 Å². The average molecular weight is 415 g/mol. The van der Waals surface area contributed by atoms with Crippen molar-refractivity contribution in [3.63, 3.8) is 0 Å². The molecule has 144 valence electrons. The zero-order valence-electron chi connectivity index (χ0n) is 14.1. The molecule has 0 atom stereocenters. The third kappa shape index (κ3) is 4.18. The molecule has 0 aliphatic carbocycles. The first-order valence-corrected chi connectivity index (χ1v) is 9.85. The van der Waals surface area contributed by atoms with E-state index >= 15 is 0 Å². The van der Waals surface area contributed by atoms with Crippen LogP contribution in [0.4, 0.5) is 4.39 Å². The zero-order chi connectivity index (χ0) is 19.6. The van der Waals surface area contributed by atoms with Gasteiger partial charge in [-0.1, -0.05) is 11.6 Å². The highest BCUT2D eigenvalue weighted by Gasteiger charge is 2.30. The molecule has 1 aromatic heterocycles. The molecule has 1 saturated heterocycles. The van der Waals surface area contributed by atoms with Crippen LogP contribution < -0.4 is 5.69 Å². The van der Waals surface area contributed by atoms with Crippen molar-refractivity contribution >= 4 is 27.5 Å². The van der Waals surface area contributed by atoms with Crippen LogP contribution in [0.5, 0.6) is 0 Å². The van der Waals surface area contributed by atoms with E-state index < -0.39 is 21.5 Å². The summed E-state index contributed by atoms with van der Waals surface area (Å²) in [7, 11) is -3.84. The first kappa shape index (κ1) is 19.5. The lowest BCUT2D eigenvalue weighted by Crippen LogP contribution is -2.51. The Hall–Kier alpha value is -2.30. The number of hydrogen-bond donors (Lipinski definition) is 0. The summed E-state index contributed by atoms with van der Waals surface area (Å²) in [5.41, 5.74) is -0.528. The first-order valence-electron chi connectivity index (χ1n) is 8.03. The minimum atomic E-state index is -3.84. The number of aromatic nitrogens is 2. The fraction of sp³-hybridized carbons (Fsp3) is 0.312. The van der Waals surface area contributed by atoms with Crippen LogP contribution in [0.2, 0.25) is 5.02 Å². The minimum absolute atomic E-state index is 0.0883. The second-order valence-corrected chi connectivity index (χ2v) is 8.24. The lowest BCUT2D eigenvalue weighted by Gasteiger charge is -2.34. The van der Waals surface area contributed by atoms with Gasteiger partial charge in [0.25, 0.3) is 0 Å². The van der Waals surface area contributed by atoms with Gasteiger partial charge >= 0.3 is 5.69 Å². The first-order chi connectivity index (χ1) is 12.8. The monoisotopic (exact) mass is 414 g/mol. The van der Waals surface area contributed by atoms with E-state index in [1.807, 2.05) is 0 Å². The molecule has 1 fully saturated rings. The SMILES string of the molecule is O=C(Cn1cccnc1=O)N1CCN(S(=O)(=O)c2ccc(F)c(Cl)c2)CC1. The van der Waals surface area contributed by atoms with E-state index in [1.165, 1.54) is 26.2 Å². The summed E-state index contributed by atoms with van der Waals surface area (Å²) in [4.78, 5) is 28.9. The number of rotatable bonds is 4. The molecule has 1 amide bonds. The Morgan fingerprint density at radius 3 is 2.56 bits per heavy atom. The van der Waals surface area contributed by atoms with E-state index in [-0.39, 0.29) is 48.5 Å². The van der Waals surface area contributed by atoms with E-state index in [2.05, 4.69) is 4.98 Å². The molecule has 2 aromatic rings. The summed E-state index contributed by atoms with van der Waals surface area (Å²) >= 11 is 5.67. The predicted octanol–water partition coefficient (Wildman–Crippen LogP) is 0.569. The Morgan fingerprint density at radius 2 is 1.93 bits per heavy atom. The molecule has 1 aliphatic rings. The lowest BCUT2D eigenvalue weighted by molar-refractivity contribution is -0.133. The molecular formula is C16H16ClFN4O4S. The quantitative estimate of drug-likeness (QED) is 0.729. The van der Waals surface area contributed by atoms with E-state index in [9.17, 15) is 22.4 Å². The number of piperazine rings is 1. The average Bonchev–Trinajstić information content (AvgIpc) is 2.65. The van der Waals surface area contributed by atoms with Crippen molar-refractivity contribution < 1.29 is 17.6 Å². The number of sulfonamides is 1. The number of carbonyl (C=O) groups is 1. The number of amides is 1. The maximum absolute atomic E-state index is 13.3. The highest BCUT2D eigenvalue weighted by molar-refractivity contribution is 7.89. The number of halogens is 2. The van der Waals surface area contributed by atoms with E-state index in [1.54, 1.807) is 6.07 Å². The summed E-state index contributed by atoms with van der Waals surface area (Å²) in [6.45, 7) is 0.382. The van der Waals surface area contributed by atoms with E-state index in [0.29, 0.717) is 0 Å². The molecule has 0 radical (unpaired) electrons. The molecule has 11 heteroatoms. The van der Waals surface area contributed by atoms with Crippen molar-refractivity contribution in [1.29, 1.82) is 0 Å². The molecule has 1 aromatic carbocycles. The maximum atomic E-state index is 13.3. The third-order valence-electron chi connectivity index (χ3n) is 4.21. The molecule has 0 saturated carbocycles. The van der Waals surface area contributed by atoms with Gasteiger partial charge in [0, 0.05) is 38.6 Å². The van der Waals surface area contributed by atoms with Crippen molar-refractivity contribution in [1.82, 2.24) is 18.8 Å². The van der Waals surface area contributed by atoms with Crippen molar-refractivity contribution in [2.24, 2.45) is 0 Å². The van der Waals surface area contributed by atoms with Crippen molar-refractivity contribution in [3.05, 3.63) is 58.0 Å². The lowest BCUT2D eigenvalue weighted by atomic mass is 10.3. The number of hydrogen-bond acceptors (Lipinski definition) is 5. The number of carbonyl (C=O) groups excluding carboxylic acids is 1. The summed E-state index contributed by atoms with van der Waals surface area (Å²) in [6.07, 6.45) is 2.81. The molecule has 2 heterocycles. The molecule has 1 aliphatic heterocycles. The Labute approximate surface area is 159 Å². The van der Waals surface area contributed by atoms with Gasteiger partial charge in [0.2, 0.25) is 15.9 Å². The largest absolute Gasteiger partial charge is 0.347 e. The van der Waals surface area contributed by atoms with Gasteiger partial charge in [-0.25, -0.2) is 22.6 Å². The number of benzene rings is 1. The molecule has 3 rings (SSSR count). The van der Waals surface area contributed by atoms with Crippen LogP contribution in [-0.2, 0) is 21.4 Å². The van der Waals surface area contributed by atoms with Gasteiger partial charge in [0.05, 0.1) is 9.92 Å². The summed E-state index contributed by atoms with van der Waals surface area (Å²) in [5.74, 6) is -0.997. The van der Waals surface area contributed by atoms with Gasteiger partial charge in [0.15, 0.2) is 0 Å². The van der Waals surface area contributed by atoms with Gasteiger partial charge < -0.3 is 4.90 Å². The van der Waals surface area contributed by atoms with Crippen molar-refractivity contribution in [2.45, 2.75) is 11.4 Å². The Balaban J connectivity index is 1.66. The van der Waals surface area contributed by atoms with Crippen LogP contribution in [0.25, 0.3) is 0 Å². The van der Waals surface area contributed by atoms with Gasteiger partial charge in [-0.2, -0.15) is 4.31 Å². The second kappa shape index (κ2) is 7.75. The van der Waals surface area contributed by atoms with Crippen LogP contribution in [0.15, 0.2) is 46.3 Å². The van der Waals surface area contributed by atoms with Crippen LogP contribution in [0.1, 0.15) is 0 Å². The van der Waals surface area contributed by atoms with Gasteiger partial charge in [-0.3, -0.25) is 9.36 Å². The highest BCUT2D eigenvalue weighted by Crippen LogP contribution is 2.23.